The zero-order valence-electron chi connectivity index (χ0n) is 8.45. The van der Waals surface area contributed by atoms with Crippen LogP contribution in [0.15, 0.2) is 18.2 Å². The minimum Gasteiger partial charge on any atom is -0.364 e. The summed E-state index contributed by atoms with van der Waals surface area (Å²) < 4.78 is 0. The van der Waals surface area contributed by atoms with Crippen molar-refractivity contribution in [2.24, 2.45) is 0 Å². The highest BCUT2D eigenvalue weighted by Gasteiger charge is 2.18. The first-order chi connectivity index (χ1) is 7.20. The first-order valence-electron chi connectivity index (χ1n) is 4.71. The van der Waals surface area contributed by atoms with E-state index in [1.54, 1.807) is 0 Å². The number of likely N-dealkylation sites (N-methyl/N-ethyl adjacent to an activating group) is 1. The highest BCUT2D eigenvalue weighted by atomic mass is 16.2. The Morgan fingerprint density at radius 2 is 2.40 bits per heavy atom. The van der Waals surface area contributed by atoms with Gasteiger partial charge in [-0.15, -0.1) is 0 Å². The minimum atomic E-state index is -0.00182. The molecule has 0 unspecified atom stereocenters. The third-order valence-electron chi connectivity index (χ3n) is 2.41. The standard InChI is InChI=1S/C11H11N3O/c1-14-7-11(15)13-9-3-2-8(4-5-12)6-10(9)14/h2-3,6H,4,7H2,1H3,(H,13,15). The Balaban J connectivity index is 2.40. The van der Waals surface area contributed by atoms with Crippen molar-refractivity contribution in [3.8, 4) is 6.07 Å². The van der Waals surface area contributed by atoms with Crippen LogP contribution < -0.4 is 10.2 Å². The van der Waals surface area contributed by atoms with Crippen molar-refractivity contribution in [2.45, 2.75) is 6.42 Å². The fraction of sp³-hybridized carbons (Fsp3) is 0.273. The topological polar surface area (TPSA) is 56.1 Å². The summed E-state index contributed by atoms with van der Waals surface area (Å²) in [6.45, 7) is 0.364. The molecule has 4 heteroatoms. The molecule has 0 fully saturated rings. The van der Waals surface area contributed by atoms with Crippen molar-refractivity contribution in [2.75, 3.05) is 23.8 Å². The normalized spacial score (nSPS) is 14.1. The van der Waals surface area contributed by atoms with Crippen LogP contribution in [0.3, 0.4) is 0 Å². The molecule has 0 aromatic heterocycles. The molecule has 15 heavy (non-hydrogen) atoms. The zero-order chi connectivity index (χ0) is 10.8. The van der Waals surface area contributed by atoms with E-state index in [9.17, 15) is 4.79 Å². The Morgan fingerprint density at radius 3 is 3.13 bits per heavy atom. The smallest absolute Gasteiger partial charge is 0.243 e. The number of hydrogen-bond acceptors (Lipinski definition) is 3. The number of fused-ring (bicyclic) bond motifs is 1. The Labute approximate surface area is 88.1 Å². The van der Waals surface area contributed by atoms with Gasteiger partial charge in [-0.2, -0.15) is 5.26 Å². The van der Waals surface area contributed by atoms with Crippen LogP contribution in [0.1, 0.15) is 5.56 Å². The van der Waals surface area contributed by atoms with E-state index in [1.807, 2.05) is 30.1 Å². The van der Waals surface area contributed by atoms with Crippen LogP contribution in [-0.2, 0) is 11.2 Å². The number of nitrogens with zero attached hydrogens (tertiary/aromatic N) is 2. The first kappa shape index (κ1) is 9.53. The molecule has 1 N–H and O–H groups in total. The summed E-state index contributed by atoms with van der Waals surface area (Å²) in [4.78, 5) is 13.1. The zero-order valence-corrected chi connectivity index (χ0v) is 8.45. The predicted molar refractivity (Wildman–Crippen MR) is 57.7 cm³/mol. The van der Waals surface area contributed by atoms with Crippen molar-refractivity contribution >= 4 is 17.3 Å². The number of nitriles is 1. The SMILES string of the molecule is CN1CC(=O)Nc2ccc(CC#N)cc21. The van der Waals surface area contributed by atoms with Crippen LogP contribution >= 0.6 is 0 Å². The summed E-state index contributed by atoms with van der Waals surface area (Å²) >= 11 is 0. The average molecular weight is 201 g/mol. The average Bonchev–Trinajstić information content (AvgIpc) is 2.19. The van der Waals surface area contributed by atoms with Crippen LogP contribution in [0.5, 0.6) is 0 Å². The van der Waals surface area contributed by atoms with Crippen LogP contribution in [-0.4, -0.2) is 19.5 Å². The summed E-state index contributed by atoms with van der Waals surface area (Å²) in [5, 5.41) is 11.4. The Kier molecular flexibility index (Phi) is 2.30. The van der Waals surface area contributed by atoms with E-state index >= 15 is 0 Å². The van der Waals surface area contributed by atoms with Crippen molar-refractivity contribution in [3.05, 3.63) is 23.8 Å². The number of anilines is 2. The van der Waals surface area contributed by atoms with Crippen molar-refractivity contribution in [1.29, 1.82) is 5.26 Å². The maximum absolute atomic E-state index is 11.2. The molecule has 1 aliphatic rings. The molecule has 0 bridgehead atoms. The van der Waals surface area contributed by atoms with E-state index in [4.69, 9.17) is 5.26 Å². The highest BCUT2D eigenvalue weighted by Crippen LogP contribution is 2.29. The van der Waals surface area contributed by atoms with Gasteiger partial charge in [0.1, 0.15) is 0 Å². The van der Waals surface area contributed by atoms with Gasteiger partial charge in [-0.25, -0.2) is 0 Å². The van der Waals surface area contributed by atoms with Gasteiger partial charge in [-0.1, -0.05) is 6.07 Å². The molecule has 0 radical (unpaired) electrons. The van der Waals surface area contributed by atoms with E-state index in [-0.39, 0.29) is 5.91 Å². The van der Waals surface area contributed by atoms with Crippen molar-refractivity contribution in [1.82, 2.24) is 0 Å². The van der Waals surface area contributed by atoms with Gasteiger partial charge in [-0.3, -0.25) is 4.79 Å². The molecule has 4 nitrogen and oxygen atoms in total. The van der Waals surface area contributed by atoms with E-state index in [1.165, 1.54) is 0 Å². The molecular formula is C11H11N3O. The predicted octanol–water partition coefficient (Wildman–Crippen LogP) is 1.14. The maximum atomic E-state index is 11.2. The van der Waals surface area contributed by atoms with Crippen molar-refractivity contribution < 1.29 is 4.79 Å². The van der Waals surface area contributed by atoms with Crippen molar-refractivity contribution in [3.63, 3.8) is 0 Å². The lowest BCUT2D eigenvalue weighted by atomic mass is 10.1. The van der Waals surface area contributed by atoms with E-state index in [0.717, 1.165) is 16.9 Å². The van der Waals surface area contributed by atoms with Gasteiger partial charge in [0.15, 0.2) is 0 Å². The number of rotatable bonds is 1. The monoisotopic (exact) mass is 201 g/mol. The van der Waals surface area contributed by atoms with E-state index < -0.39 is 0 Å². The highest BCUT2D eigenvalue weighted by molar-refractivity contribution is 6.01. The lowest BCUT2D eigenvalue weighted by molar-refractivity contribution is -0.115. The Morgan fingerprint density at radius 1 is 1.60 bits per heavy atom. The molecule has 76 valence electrons. The number of amides is 1. The molecule has 0 atom stereocenters. The second-order valence-electron chi connectivity index (χ2n) is 3.59. The molecule has 1 aromatic rings. The van der Waals surface area contributed by atoms with Gasteiger partial charge in [0.2, 0.25) is 5.91 Å². The molecule has 0 saturated carbocycles. The molecular weight excluding hydrogens is 190 g/mol. The second-order valence-corrected chi connectivity index (χ2v) is 3.59. The Bertz CT molecular complexity index is 448. The lowest BCUT2D eigenvalue weighted by Gasteiger charge is -2.27. The van der Waals surface area contributed by atoms with Crippen LogP contribution in [0.4, 0.5) is 11.4 Å². The molecule has 1 aliphatic heterocycles. The summed E-state index contributed by atoms with van der Waals surface area (Å²) in [5.74, 6) is -0.00182. The fourth-order valence-corrected chi connectivity index (χ4v) is 1.69. The van der Waals surface area contributed by atoms with Gasteiger partial charge in [0.05, 0.1) is 30.4 Å². The molecule has 0 aliphatic carbocycles. The molecule has 0 saturated heterocycles. The summed E-state index contributed by atoms with van der Waals surface area (Å²) in [5.41, 5.74) is 2.76. The number of carbonyl (C=O) groups is 1. The second kappa shape index (κ2) is 3.62. The van der Waals surface area contributed by atoms with Crippen LogP contribution in [0.2, 0.25) is 0 Å². The molecule has 1 aromatic carbocycles. The van der Waals surface area contributed by atoms with Crippen LogP contribution in [0, 0.1) is 11.3 Å². The first-order valence-corrected chi connectivity index (χ1v) is 4.71. The van der Waals surface area contributed by atoms with Gasteiger partial charge in [0, 0.05) is 7.05 Å². The van der Waals surface area contributed by atoms with Gasteiger partial charge < -0.3 is 10.2 Å². The number of hydrogen-bond donors (Lipinski definition) is 1. The van der Waals surface area contributed by atoms with E-state index in [2.05, 4.69) is 11.4 Å². The summed E-state index contributed by atoms with van der Waals surface area (Å²) in [7, 11) is 1.87. The minimum absolute atomic E-state index is 0.00182. The molecule has 1 amide bonds. The van der Waals surface area contributed by atoms with E-state index in [0.29, 0.717) is 13.0 Å². The molecule has 1 heterocycles. The number of nitrogens with one attached hydrogen (secondary N) is 1. The van der Waals surface area contributed by atoms with Crippen LogP contribution in [0.25, 0.3) is 0 Å². The maximum Gasteiger partial charge on any atom is 0.243 e. The fourth-order valence-electron chi connectivity index (χ4n) is 1.69. The molecule has 2 rings (SSSR count). The number of carbonyl (C=O) groups excluding carboxylic acids is 1. The third-order valence-corrected chi connectivity index (χ3v) is 2.41. The quantitative estimate of drug-likeness (QED) is 0.741. The summed E-state index contributed by atoms with van der Waals surface area (Å²) in [6, 6.07) is 7.76. The molecule has 0 spiro atoms. The summed E-state index contributed by atoms with van der Waals surface area (Å²) in [6.07, 6.45) is 0.398. The Hall–Kier alpha value is -2.02. The number of benzene rings is 1. The van der Waals surface area contributed by atoms with Gasteiger partial charge >= 0.3 is 0 Å². The van der Waals surface area contributed by atoms with Gasteiger partial charge in [-0.05, 0) is 17.7 Å². The lowest BCUT2D eigenvalue weighted by Crippen LogP contribution is -2.35. The third kappa shape index (κ3) is 1.77. The van der Waals surface area contributed by atoms with Gasteiger partial charge in [0.25, 0.3) is 0 Å². The largest absolute Gasteiger partial charge is 0.364 e.